The first kappa shape index (κ1) is 17.7. The van der Waals surface area contributed by atoms with E-state index < -0.39 is 5.97 Å². The van der Waals surface area contributed by atoms with Gasteiger partial charge in [0.25, 0.3) is 0 Å². The molecule has 26 heavy (non-hydrogen) atoms. The molecule has 0 atom stereocenters. The van der Waals surface area contributed by atoms with Crippen molar-refractivity contribution in [3.63, 3.8) is 0 Å². The Balaban J connectivity index is 2.11. The average Bonchev–Trinajstić information content (AvgIpc) is 2.84. The summed E-state index contributed by atoms with van der Waals surface area (Å²) in [5, 5.41) is 11.0. The van der Waals surface area contributed by atoms with E-state index >= 15 is 0 Å². The lowest BCUT2D eigenvalue weighted by atomic mass is 10.2. The van der Waals surface area contributed by atoms with E-state index in [2.05, 4.69) is 20.7 Å². The maximum atomic E-state index is 12.3. The van der Waals surface area contributed by atoms with Gasteiger partial charge < -0.3 is 15.4 Å². The smallest absolute Gasteiger partial charge is 0.354 e. The molecule has 0 amide bonds. The summed E-state index contributed by atoms with van der Waals surface area (Å²) in [6, 6.07) is 9.83. The lowest BCUT2D eigenvalue weighted by molar-refractivity contribution is -0.138. The van der Waals surface area contributed by atoms with E-state index in [0.717, 1.165) is 29.2 Å². The number of aromatic nitrogens is 2. The van der Waals surface area contributed by atoms with E-state index in [0.29, 0.717) is 24.8 Å². The fraction of sp³-hybridized carbons (Fsp3) is 0.316. The van der Waals surface area contributed by atoms with Gasteiger partial charge in [-0.25, -0.2) is 9.48 Å². The van der Waals surface area contributed by atoms with E-state index in [1.807, 2.05) is 48.9 Å². The molecule has 2 heterocycles. The van der Waals surface area contributed by atoms with E-state index in [1.165, 1.54) is 0 Å². The highest BCUT2D eigenvalue weighted by Crippen LogP contribution is 2.27. The minimum absolute atomic E-state index is 0.307. The third kappa shape index (κ3) is 3.61. The van der Waals surface area contributed by atoms with Gasteiger partial charge in [0.15, 0.2) is 0 Å². The summed E-state index contributed by atoms with van der Waals surface area (Å²) in [4.78, 5) is 16.8. The number of aliphatic imine (C=N–C) groups is 1. The van der Waals surface area contributed by atoms with Gasteiger partial charge >= 0.3 is 5.97 Å². The van der Waals surface area contributed by atoms with Crippen molar-refractivity contribution < 1.29 is 9.53 Å². The molecule has 0 bridgehead atoms. The van der Waals surface area contributed by atoms with Crippen LogP contribution in [0.1, 0.15) is 31.5 Å². The fourth-order valence-corrected chi connectivity index (χ4v) is 2.66. The monoisotopic (exact) mass is 353 g/mol. The maximum Gasteiger partial charge on any atom is 0.354 e. The number of nitrogens with one attached hydrogen (secondary N) is 2. The molecule has 0 fully saturated rings. The number of hydrogen-bond donors (Lipinski definition) is 2. The van der Waals surface area contributed by atoms with Crippen LogP contribution in [-0.2, 0) is 9.53 Å². The number of anilines is 1. The minimum atomic E-state index is -0.418. The lowest BCUT2D eigenvalue weighted by Crippen LogP contribution is -2.33. The topological polar surface area (TPSA) is 80.5 Å². The number of carbonyl (C=O) groups is 1. The molecular formula is C19H23N5O2. The third-order valence-electron chi connectivity index (χ3n) is 3.87. The van der Waals surface area contributed by atoms with Crippen LogP contribution in [0.25, 0.3) is 11.8 Å². The average molecular weight is 353 g/mol. The molecule has 0 aliphatic carbocycles. The largest absolute Gasteiger partial charge is 0.461 e. The Kier molecular flexibility index (Phi) is 5.36. The van der Waals surface area contributed by atoms with Crippen LogP contribution < -0.4 is 10.6 Å². The third-order valence-corrected chi connectivity index (χ3v) is 3.87. The Morgan fingerprint density at radius 1 is 1.23 bits per heavy atom. The molecule has 1 aliphatic heterocycles. The standard InChI is InChI=1S/C19H23N5O2/c1-4-11-20-19-21-16(18(25)26-5-2)12-15-13(3)23-24(17(15)22-19)14-9-7-6-8-10-14/h6-10,12H,4-5,11H2,1-3H3,(H2,20,21,22). The number of hydrogen-bond acceptors (Lipinski definition) is 4. The highest BCUT2D eigenvalue weighted by Gasteiger charge is 2.24. The summed E-state index contributed by atoms with van der Waals surface area (Å²) >= 11 is 0. The lowest BCUT2D eigenvalue weighted by Gasteiger charge is -2.13. The number of nitrogens with zero attached hydrogens (tertiary/aromatic N) is 3. The number of benzene rings is 1. The van der Waals surface area contributed by atoms with Crippen molar-refractivity contribution in [2.75, 3.05) is 18.5 Å². The molecule has 0 saturated carbocycles. The Bertz CT molecular complexity index is 852. The Morgan fingerprint density at radius 3 is 2.69 bits per heavy atom. The summed E-state index contributed by atoms with van der Waals surface area (Å²) in [6.45, 7) is 6.69. The predicted molar refractivity (Wildman–Crippen MR) is 102 cm³/mol. The highest BCUT2D eigenvalue weighted by atomic mass is 16.5. The first-order chi connectivity index (χ1) is 12.6. The van der Waals surface area contributed by atoms with Crippen LogP contribution in [-0.4, -0.2) is 34.9 Å². The molecule has 7 heteroatoms. The van der Waals surface area contributed by atoms with Crippen molar-refractivity contribution in [3.05, 3.63) is 47.3 Å². The van der Waals surface area contributed by atoms with Crippen molar-refractivity contribution in [2.24, 2.45) is 4.99 Å². The number of guanidine groups is 1. The molecule has 0 spiro atoms. The number of rotatable bonds is 5. The number of aryl methyl sites for hydroxylation is 1. The molecule has 3 rings (SSSR count). The van der Waals surface area contributed by atoms with Crippen molar-refractivity contribution in [1.29, 1.82) is 0 Å². The molecule has 1 aliphatic rings. The van der Waals surface area contributed by atoms with Crippen LogP contribution in [0, 0.1) is 6.92 Å². The summed E-state index contributed by atoms with van der Waals surface area (Å²) in [6.07, 6.45) is 2.66. The van der Waals surface area contributed by atoms with E-state index in [4.69, 9.17) is 4.74 Å². The molecule has 1 aromatic heterocycles. The predicted octanol–water partition coefficient (Wildman–Crippen LogP) is 2.87. The molecule has 0 unspecified atom stereocenters. The van der Waals surface area contributed by atoms with Crippen molar-refractivity contribution >= 4 is 23.8 Å². The van der Waals surface area contributed by atoms with E-state index in [-0.39, 0.29) is 0 Å². The van der Waals surface area contributed by atoms with Crippen LogP contribution in [0.15, 0.2) is 41.0 Å². The normalized spacial score (nSPS) is 14.7. The number of para-hydroxylation sites is 1. The van der Waals surface area contributed by atoms with Gasteiger partial charge in [0.2, 0.25) is 5.96 Å². The Morgan fingerprint density at radius 2 is 2.00 bits per heavy atom. The van der Waals surface area contributed by atoms with Crippen LogP contribution >= 0.6 is 0 Å². The van der Waals surface area contributed by atoms with Crippen LogP contribution in [0.2, 0.25) is 0 Å². The zero-order valence-corrected chi connectivity index (χ0v) is 15.2. The van der Waals surface area contributed by atoms with Gasteiger partial charge in [0, 0.05) is 12.1 Å². The van der Waals surface area contributed by atoms with Crippen molar-refractivity contribution in [1.82, 2.24) is 15.1 Å². The van der Waals surface area contributed by atoms with E-state index in [1.54, 1.807) is 13.0 Å². The number of esters is 1. The summed E-state index contributed by atoms with van der Waals surface area (Å²) in [5.74, 6) is 0.843. The number of ether oxygens (including phenoxy) is 1. The molecule has 136 valence electrons. The molecular weight excluding hydrogens is 330 g/mol. The van der Waals surface area contributed by atoms with Gasteiger partial charge in [0.1, 0.15) is 11.5 Å². The Hall–Kier alpha value is -3.09. The molecule has 0 saturated heterocycles. The zero-order chi connectivity index (χ0) is 18.5. The molecule has 2 N–H and O–H groups in total. The number of fused-ring (bicyclic) bond motifs is 1. The van der Waals surface area contributed by atoms with Gasteiger partial charge in [-0.2, -0.15) is 5.10 Å². The molecule has 7 nitrogen and oxygen atoms in total. The molecule has 1 aromatic carbocycles. The van der Waals surface area contributed by atoms with Gasteiger partial charge in [-0.15, -0.1) is 0 Å². The Labute approximate surface area is 152 Å². The summed E-state index contributed by atoms with van der Waals surface area (Å²) in [7, 11) is 0. The SMILES string of the molecule is CCCN=C1NC(C(=O)OCC)=Cc2c(C)nn(-c3ccccc3)c2N1. The van der Waals surface area contributed by atoms with Gasteiger partial charge in [-0.05, 0) is 38.5 Å². The van der Waals surface area contributed by atoms with Crippen LogP contribution in [0.5, 0.6) is 0 Å². The highest BCUT2D eigenvalue weighted by molar-refractivity contribution is 6.06. The van der Waals surface area contributed by atoms with Gasteiger partial charge in [-0.1, -0.05) is 25.1 Å². The van der Waals surface area contributed by atoms with Crippen molar-refractivity contribution in [3.8, 4) is 5.69 Å². The first-order valence-electron chi connectivity index (χ1n) is 8.76. The quantitative estimate of drug-likeness (QED) is 0.808. The fourth-order valence-electron chi connectivity index (χ4n) is 2.66. The van der Waals surface area contributed by atoms with E-state index in [9.17, 15) is 4.79 Å². The second-order valence-corrected chi connectivity index (χ2v) is 5.85. The number of carbonyl (C=O) groups excluding carboxylic acids is 1. The second kappa shape index (κ2) is 7.86. The van der Waals surface area contributed by atoms with Gasteiger partial charge in [0.05, 0.1) is 18.0 Å². The summed E-state index contributed by atoms with van der Waals surface area (Å²) < 4.78 is 6.97. The second-order valence-electron chi connectivity index (χ2n) is 5.85. The van der Waals surface area contributed by atoms with Crippen LogP contribution in [0.3, 0.4) is 0 Å². The first-order valence-corrected chi connectivity index (χ1v) is 8.76. The minimum Gasteiger partial charge on any atom is -0.461 e. The van der Waals surface area contributed by atoms with Gasteiger partial charge in [-0.3, -0.25) is 4.99 Å². The van der Waals surface area contributed by atoms with Crippen LogP contribution in [0.4, 0.5) is 5.82 Å². The van der Waals surface area contributed by atoms with Crippen molar-refractivity contribution in [2.45, 2.75) is 27.2 Å². The zero-order valence-electron chi connectivity index (χ0n) is 15.2. The molecule has 2 aromatic rings. The maximum absolute atomic E-state index is 12.3. The summed E-state index contributed by atoms with van der Waals surface area (Å²) in [5.41, 5.74) is 2.89. The molecule has 0 radical (unpaired) electrons.